The van der Waals surface area contributed by atoms with Crippen LogP contribution in [0.4, 0.5) is 0 Å². The number of H-pyrrole nitrogens is 1. The zero-order chi connectivity index (χ0) is 13.9. The van der Waals surface area contributed by atoms with Crippen LogP contribution in [0.3, 0.4) is 0 Å². The minimum Gasteiger partial charge on any atom is -0.370 e. The molecular formula is C15H24N2OS. The number of hydrogen-bond acceptors (Lipinski definition) is 3. The van der Waals surface area contributed by atoms with Crippen LogP contribution in [-0.2, 0) is 16.8 Å². The molecule has 0 atom stereocenters. The Bertz CT molecular complexity index is 487. The van der Waals surface area contributed by atoms with Crippen LogP contribution >= 0.6 is 12.2 Å². The predicted octanol–water partition coefficient (Wildman–Crippen LogP) is 4.21. The first-order valence-corrected chi connectivity index (χ1v) is 7.69. The minimum absolute atomic E-state index is 0.263. The van der Waals surface area contributed by atoms with E-state index < -0.39 is 0 Å². The van der Waals surface area contributed by atoms with E-state index >= 15 is 0 Å². The second kappa shape index (κ2) is 6.14. The number of aryl methyl sites for hydroxylation is 1. The zero-order valence-electron chi connectivity index (χ0n) is 12.2. The summed E-state index contributed by atoms with van der Waals surface area (Å²) in [5, 5.41) is 0. The highest BCUT2D eigenvalue weighted by atomic mass is 32.1. The highest BCUT2D eigenvalue weighted by Crippen LogP contribution is 2.37. The first-order chi connectivity index (χ1) is 9.13. The maximum absolute atomic E-state index is 5.89. The fourth-order valence-electron chi connectivity index (χ4n) is 3.08. The molecule has 1 fully saturated rings. The van der Waals surface area contributed by atoms with Crippen LogP contribution in [0.15, 0.2) is 0 Å². The number of methoxy groups -OCH3 is 1. The number of aromatic nitrogens is 2. The first kappa shape index (κ1) is 14.7. The van der Waals surface area contributed by atoms with Gasteiger partial charge in [0.2, 0.25) is 0 Å². The van der Waals surface area contributed by atoms with E-state index in [0.717, 1.165) is 41.0 Å². The Hall–Kier alpha value is -0.740. The van der Waals surface area contributed by atoms with Gasteiger partial charge in [-0.1, -0.05) is 44.8 Å². The van der Waals surface area contributed by atoms with Crippen LogP contribution in [0, 0.1) is 11.6 Å². The van der Waals surface area contributed by atoms with Crippen molar-refractivity contribution in [1.82, 2.24) is 9.97 Å². The van der Waals surface area contributed by atoms with Crippen LogP contribution in [0.2, 0.25) is 0 Å². The molecule has 1 aromatic heterocycles. The average molecular weight is 280 g/mol. The number of aromatic amines is 1. The van der Waals surface area contributed by atoms with E-state index in [2.05, 4.69) is 23.8 Å². The van der Waals surface area contributed by atoms with Gasteiger partial charge in [0.25, 0.3) is 0 Å². The Morgan fingerprint density at radius 2 is 1.89 bits per heavy atom. The summed E-state index contributed by atoms with van der Waals surface area (Å²) >= 11 is 5.44. The van der Waals surface area contributed by atoms with Gasteiger partial charge >= 0.3 is 0 Å². The van der Waals surface area contributed by atoms with Crippen molar-refractivity contribution in [3.05, 3.63) is 21.7 Å². The van der Waals surface area contributed by atoms with Crippen molar-refractivity contribution >= 4 is 12.2 Å². The van der Waals surface area contributed by atoms with E-state index in [9.17, 15) is 0 Å². The summed E-state index contributed by atoms with van der Waals surface area (Å²) in [5.74, 6) is 0.927. The lowest BCUT2D eigenvalue weighted by Crippen LogP contribution is -2.31. The van der Waals surface area contributed by atoms with Gasteiger partial charge in [-0.15, -0.1) is 0 Å². The lowest BCUT2D eigenvalue weighted by atomic mass is 9.93. The maximum atomic E-state index is 5.89. The standard InChI is InChI=1S/C15H24N2OS/c1-4-12-11(2)16-14(17-13(12)19)15(18-3)9-7-5-6-8-10-15/h4-10H2,1-3H3,(H,16,17,19). The van der Waals surface area contributed by atoms with Crippen LogP contribution in [-0.4, -0.2) is 17.1 Å². The molecule has 0 saturated heterocycles. The van der Waals surface area contributed by atoms with E-state index in [1.54, 1.807) is 7.11 Å². The van der Waals surface area contributed by atoms with Gasteiger partial charge in [-0.05, 0) is 26.2 Å². The van der Waals surface area contributed by atoms with Crippen LogP contribution in [0.1, 0.15) is 62.5 Å². The molecule has 0 aromatic carbocycles. The highest BCUT2D eigenvalue weighted by molar-refractivity contribution is 7.71. The number of nitrogens with zero attached hydrogens (tertiary/aromatic N) is 1. The Morgan fingerprint density at radius 3 is 2.37 bits per heavy atom. The molecule has 1 aromatic rings. The molecule has 19 heavy (non-hydrogen) atoms. The van der Waals surface area contributed by atoms with E-state index in [0.29, 0.717) is 0 Å². The third-order valence-corrected chi connectivity index (χ3v) is 4.65. The van der Waals surface area contributed by atoms with Crippen molar-refractivity contribution < 1.29 is 4.74 Å². The quantitative estimate of drug-likeness (QED) is 0.666. The van der Waals surface area contributed by atoms with Gasteiger partial charge in [0.15, 0.2) is 0 Å². The van der Waals surface area contributed by atoms with Gasteiger partial charge in [-0.3, -0.25) is 0 Å². The number of ether oxygens (including phenoxy) is 1. The summed E-state index contributed by atoms with van der Waals surface area (Å²) in [7, 11) is 1.80. The fourth-order valence-corrected chi connectivity index (χ4v) is 3.47. The first-order valence-electron chi connectivity index (χ1n) is 7.28. The second-order valence-corrected chi connectivity index (χ2v) is 5.85. The van der Waals surface area contributed by atoms with Gasteiger partial charge in [0.05, 0.1) is 0 Å². The number of hydrogen-bond donors (Lipinski definition) is 1. The summed E-state index contributed by atoms with van der Waals surface area (Å²) in [6.07, 6.45) is 7.97. The topological polar surface area (TPSA) is 37.9 Å². The van der Waals surface area contributed by atoms with E-state index in [1.807, 2.05) is 0 Å². The number of nitrogens with one attached hydrogen (secondary N) is 1. The van der Waals surface area contributed by atoms with Gasteiger partial charge in [-0.2, -0.15) is 0 Å². The zero-order valence-corrected chi connectivity index (χ0v) is 13.0. The van der Waals surface area contributed by atoms with Gasteiger partial charge < -0.3 is 9.72 Å². The molecule has 3 nitrogen and oxygen atoms in total. The molecule has 0 amide bonds. The summed E-state index contributed by atoms with van der Waals surface area (Å²) in [6.45, 7) is 4.20. The molecule has 0 bridgehead atoms. The molecule has 1 saturated carbocycles. The molecule has 2 rings (SSSR count). The van der Waals surface area contributed by atoms with Gasteiger partial charge in [-0.25, -0.2) is 4.98 Å². The molecule has 1 aliphatic rings. The maximum Gasteiger partial charge on any atom is 0.140 e. The molecule has 1 heterocycles. The lowest BCUT2D eigenvalue weighted by molar-refractivity contribution is -0.0354. The summed E-state index contributed by atoms with van der Waals surface area (Å²) < 4.78 is 6.62. The lowest BCUT2D eigenvalue weighted by Gasteiger charge is -2.30. The fraction of sp³-hybridized carbons (Fsp3) is 0.733. The Kier molecular flexibility index (Phi) is 4.74. The molecule has 4 heteroatoms. The second-order valence-electron chi connectivity index (χ2n) is 5.46. The SMILES string of the molecule is CCc1c(C)[nH]c(C2(OC)CCCCCC2)nc1=S. The normalized spacial score (nSPS) is 19.1. The Morgan fingerprint density at radius 1 is 1.26 bits per heavy atom. The van der Waals surface area contributed by atoms with Crippen molar-refractivity contribution in [3.63, 3.8) is 0 Å². The van der Waals surface area contributed by atoms with Crippen molar-refractivity contribution in [2.45, 2.75) is 64.4 Å². The monoisotopic (exact) mass is 280 g/mol. The minimum atomic E-state index is -0.263. The molecular weight excluding hydrogens is 256 g/mol. The van der Waals surface area contributed by atoms with Crippen molar-refractivity contribution in [2.75, 3.05) is 7.11 Å². The van der Waals surface area contributed by atoms with Crippen molar-refractivity contribution in [3.8, 4) is 0 Å². The smallest absolute Gasteiger partial charge is 0.140 e. The molecule has 1 N–H and O–H groups in total. The van der Waals surface area contributed by atoms with Crippen molar-refractivity contribution in [2.24, 2.45) is 0 Å². The molecule has 0 unspecified atom stereocenters. The van der Waals surface area contributed by atoms with Crippen molar-refractivity contribution in [1.29, 1.82) is 0 Å². The molecule has 0 aliphatic heterocycles. The average Bonchev–Trinajstić information content (AvgIpc) is 2.64. The summed E-state index contributed by atoms with van der Waals surface area (Å²) in [5.41, 5.74) is 2.03. The summed E-state index contributed by atoms with van der Waals surface area (Å²) in [6, 6.07) is 0. The predicted molar refractivity (Wildman–Crippen MR) is 79.9 cm³/mol. The summed E-state index contributed by atoms with van der Waals surface area (Å²) in [4.78, 5) is 8.10. The van der Waals surface area contributed by atoms with Crippen LogP contribution < -0.4 is 0 Å². The third-order valence-electron chi connectivity index (χ3n) is 4.32. The van der Waals surface area contributed by atoms with Gasteiger partial charge in [0.1, 0.15) is 16.1 Å². The Balaban J connectivity index is 2.46. The number of rotatable bonds is 3. The Labute approximate surface area is 120 Å². The molecule has 1 aliphatic carbocycles. The van der Waals surface area contributed by atoms with E-state index in [1.165, 1.54) is 25.7 Å². The highest BCUT2D eigenvalue weighted by Gasteiger charge is 2.35. The van der Waals surface area contributed by atoms with Gasteiger partial charge in [0, 0.05) is 18.4 Å². The van der Waals surface area contributed by atoms with Crippen LogP contribution in [0.5, 0.6) is 0 Å². The van der Waals surface area contributed by atoms with E-state index in [-0.39, 0.29) is 5.60 Å². The molecule has 0 radical (unpaired) electrons. The largest absolute Gasteiger partial charge is 0.370 e. The molecule has 106 valence electrons. The van der Waals surface area contributed by atoms with Crippen LogP contribution in [0.25, 0.3) is 0 Å². The molecule has 0 spiro atoms. The third kappa shape index (κ3) is 2.90. The van der Waals surface area contributed by atoms with E-state index in [4.69, 9.17) is 17.0 Å².